The van der Waals surface area contributed by atoms with E-state index in [0.29, 0.717) is 18.2 Å². The van der Waals surface area contributed by atoms with E-state index in [4.69, 9.17) is 0 Å². The number of amides is 4. The zero-order valence-corrected chi connectivity index (χ0v) is 15.6. The highest BCUT2D eigenvalue weighted by molar-refractivity contribution is 6.07. The molecule has 1 aliphatic heterocycles. The predicted molar refractivity (Wildman–Crippen MR) is 99.1 cm³/mol. The van der Waals surface area contributed by atoms with E-state index < -0.39 is 5.54 Å². The Morgan fingerprint density at radius 2 is 1.96 bits per heavy atom. The van der Waals surface area contributed by atoms with Gasteiger partial charge in [0, 0.05) is 30.6 Å². The predicted octanol–water partition coefficient (Wildman–Crippen LogP) is 2.65. The summed E-state index contributed by atoms with van der Waals surface area (Å²) in [5, 5.41) is 12.9. The molecule has 0 unspecified atom stereocenters. The molecule has 0 bridgehead atoms. The first-order valence-electron chi connectivity index (χ1n) is 10.1. The van der Waals surface area contributed by atoms with Crippen molar-refractivity contribution in [1.82, 2.24) is 20.4 Å². The fourth-order valence-corrected chi connectivity index (χ4v) is 4.65. The molecular weight excluding hydrogens is 346 g/mol. The summed E-state index contributed by atoms with van der Waals surface area (Å²) in [5.74, 6) is 0.786. The molecule has 1 saturated heterocycles. The van der Waals surface area contributed by atoms with Gasteiger partial charge in [-0.2, -0.15) is 5.10 Å². The Morgan fingerprint density at radius 3 is 2.70 bits per heavy atom. The van der Waals surface area contributed by atoms with Gasteiger partial charge in [0.2, 0.25) is 5.91 Å². The standard InChI is InChI=1S/C19H27N5O3/c25-16(20-15-12-14(22-23-15)13-6-1-2-7-13)8-5-11-24-17(26)19(21-18(24)27)9-3-4-10-19/h12-13H,1-11H2,(H,21,27)(H2,20,22,23,25). The number of aromatic amines is 1. The lowest BCUT2D eigenvalue weighted by Crippen LogP contribution is -2.44. The Hall–Kier alpha value is -2.38. The number of hydrogen-bond donors (Lipinski definition) is 3. The fraction of sp³-hybridized carbons (Fsp3) is 0.684. The number of H-pyrrole nitrogens is 1. The molecule has 146 valence electrons. The fourth-order valence-electron chi connectivity index (χ4n) is 4.65. The molecule has 0 radical (unpaired) electrons. The van der Waals surface area contributed by atoms with Gasteiger partial charge in [-0.25, -0.2) is 4.79 Å². The number of nitrogens with one attached hydrogen (secondary N) is 3. The second kappa shape index (κ2) is 7.32. The van der Waals surface area contributed by atoms with Crippen molar-refractivity contribution >= 4 is 23.7 Å². The first-order chi connectivity index (χ1) is 13.1. The Kier molecular flexibility index (Phi) is 4.88. The number of aromatic nitrogens is 2. The summed E-state index contributed by atoms with van der Waals surface area (Å²) < 4.78 is 0. The largest absolute Gasteiger partial charge is 0.325 e. The van der Waals surface area contributed by atoms with E-state index in [1.165, 1.54) is 30.6 Å². The van der Waals surface area contributed by atoms with Gasteiger partial charge in [0.15, 0.2) is 5.82 Å². The molecule has 3 fully saturated rings. The number of hydrogen-bond acceptors (Lipinski definition) is 4. The van der Waals surface area contributed by atoms with Crippen LogP contribution in [0.15, 0.2) is 6.07 Å². The Labute approximate surface area is 158 Å². The van der Waals surface area contributed by atoms with Crippen molar-refractivity contribution in [1.29, 1.82) is 0 Å². The van der Waals surface area contributed by atoms with Crippen LogP contribution in [0.4, 0.5) is 10.6 Å². The van der Waals surface area contributed by atoms with E-state index in [1.807, 2.05) is 6.07 Å². The van der Waals surface area contributed by atoms with Crippen molar-refractivity contribution in [2.75, 3.05) is 11.9 Å². The molecule has 1 aromatic heterocycles. The minimum Gasteiger partial charge on any atom is -0.323 e. The lowest BCUT2D eigenvalue weighted by molar-refractivity contribution is -0.131. The molecule has 2 heterocycles. The number of carbonyl (C=O) groups is 3. The van der Waals surface area contributed by atoms with Gasteiger partial charge in [-0.3, -0.25) is 19.6 Å². The molecule has 4 amide bonds. The van der Waals surface area contributed by atoms with Crippen LogP contribution in [-0.2, 0) is 9.59 Å². The van der Waals surface area contributed by atoms with Crippen LogP contribution in [0.1, 0.15) is 75.8 Å². The van der Waals surface area contributed by atoms with Gasteiger partial charge in [0.05, 0.1) is 0 Å². The van der Waals surface area contributed by atoms with Crippen LogP contribution in [0.25, 0.3) is 0 Å². The molecule has 1 aromatic rings. The zero-order chi connectivity index (χ0) is 18.9. The van der Waals surface area contributed by atoms with Crippen LogP contribution in [-0.4, -0.2) is 45.0 Å². The van der Waals surface area contributed by atoms with Crippen LogP contribution in [0.3, 0.4) is 0 Å². The first kappa shape index (κ1) is 18.0. The SMILES string of the molecule is O=C(CCCN1C(=O)NC2(CCCC2)C1=O)Nc1cc(C2CCCC2)[nH]n1. The number of anilines is 1. The summed E-state index contributed by atoms with van der Waals surface area (Å²) in [5.41, 5.74) is 0.411. The maximum Gasteiger partial charge on any atom is 0.325 e. The number of carbonyl (C=O) groups excluding carboxylic acids is 3. The third-order valence-corrected chi connectivity index (χ3v) is 6.15. The summed E-state index contributed by atoms with van der Waals surface area (Å²) in [6.07, 6.45) is 8.89. The Balaban J connectivity index is 1.24. The molecular formula is C19H27N5O3. The lowest BCUT2D eigenvalue weighted by atomic mass is 9.98. The highest BCUT2D eigenvalue weighted by Crippen LogP contribution is 2.35. The topological polar surface area (TPSA) is 107 Å². The van der Waals surface area contributed by atoms with Crippen molar-refractivity contribution in [3.8, 4) is 0 Å². The number of rotatable bonds is 6. The van der Waals surface area contributed by atoms with Crippen molar-refractivity contribution in [2.24, 2.45) is 0 Å². The Morgan fingerprint density at radius 1 is 1.22 bits per heavy atom. The second-order valence-electron chi connectivity index (χ2n) is 8.02. The molecule has 8 nitrogen and oxygen atoms in total. The molecule has 8 heteroatoms. The maximum absolute atomic E-state index is 12.6. The van der Waals surface area contributed by atoms with Crippen LogP contribution in [0.2, 0.25) is 0 Å². The van der Waals surface area contributed by atoms with Gasteiger partial charge >= 0.3 is 6.03 Å². The molecule has 3 aliphatic rings. The molecule has 3 N–H and O–H groups in total. The minimum atomic E-state index is -0.676. The number of urea groups is 1. The van der Waals surface area contributed by atoms with Crippen molar-refractivity contribution in [3.05, 3.63) is 11.8 Å². The summed E-state index contributed by atoms with van der Waals surface area (Å²) in [4.78, 5) is 38.1. The molecule has 4 rings (SSSR count). The van der Waals surface area contributed by atoms with E-state index in [-0.39, 0.29) is 30.8 Å². The van der Waals surface area contributed by atoms with Crippen LogP contribution < -0.4 is 10.6 Å². The Bertz CT molecular complexity index is 731. The molecule has 0 atom stereocenters. The van der Waals surface area contributed by atoms with Gasteiger partial charge in [0.25, 0.3) is 5.91 Å². The smallest absolute Gasteiger partial charge is 0.323 e. The summed E-state index contributed by atoms with van der Waals surface area (Å²) in [7, 11) is 0. The number of nitrogens with zero attached hydrogens (tertiary/aromatic N) is 2. The van der Waals surface area contributed by atoms with Gasteiger partial charge in [-0.05, 0) is 32.1 Å². The van der Waals surface area contributed by atoms with Crippen molar-refractivity contribution in [2.45, 2.75) is 75.7 Å². The van der Waals surface area contributed by atoms with Crippen LogP contribution >= 0.6 is 0 Å². The molecule has 0 aromatic carbocycles. The van der Waals surface area contributed by atoms with Crippen molar-refractivity contribution < 1.29 is 14.4 Å². The molecule has 2 saturated carbocycles. The molecule has 1 spiro atoms. The van der Waals surface area contributed by atoms with E-state index in [0.717, 1.165) is 31.4 Å². The normalized spacial score (nSPS) is 22.0. The lowest BCUT2D eigenvalue weighted by Gasteiger charge is -2.19. The third-order valence-electron chi connectivity index (χ3n) is 6.15. The minimum absolute atomic E-state index is 0.126. The summed E-state index contributed by atoms with van der Waals surface area (Å²) in [6, 6.07) is 1.59. The summed E-state index contributed by atoms with van der Waals surface area (Å²) in [6.45, 7) is 0.272. The van der Waals surface area contributed by atoms with E-state index in [9.17, 15) is 14.4 Å². The van der Waals surface area contributed by atoms with Gasteiger partial charge in [-0.15, -0.1) is 0 Å². The zero-order valence-electron chi connectivity index (χ0n) is 15.6. The van der Waals surface area contributed by atoms with Crippen molar-refractivity contribution in [3.63, 3.8) is 0 Å². The quantitative estimate of drug-likeness (QED) is 0.666. The summed E-state index contributed by atoms with van der Waals surface area (Å²) >= 11 is 0. The van der Waals surface area contributed by atoms with E-state index >= 15 is 0 Å². The second-order valence-corrected chi connectivity index (χ2v) is 8.02. The monoisotopic (exact) mass is 373 g/mol. The maximum atomic E-state index is 12.6. The average Bonchev–Trinajstić information content (AvgIpc) is 3.40. The molecule has 2 aliphatic carbocycles. The molecule has 27 heavy (non-hydrogen) atoms. The highest BCUT2D eigenvalue weighted by atomic mass is 16.2. The first-order valence-corrected chi connectivity index (χ1v) is 10.1. The van der Waals surface area contributed by atoms with Crippen LogP contribution in [0, 0.1) is 0 Å². The highest BCUT2D eigenvalue weighted by Gasteiger charge is 2.52. The van der Waals surface area contributed by atoms with Gasteiger partial charge in [-0.1, -0.05) is 25.7 Å². The average molecular weight is 373 g/mol. The van der Waals surface area contributed by atoms with E-state index in [2.05, 4.69) is 20.8 Å². The van der Waals surface area contributed by atoms with Gasteiger partial charge in [0.1, 0.15) is 5.54 Å². The van der Waals surface area contributed by atoms with Gasteiger partial charge < -0.3 is 10.6 Å². The van der Waals surface area contributed by atoms with Crippen LogP contribution in [0.5, 0.6) is 0 Å². The third kappa shape index (κ3) is 3.57. The van der Waals surface area contributed by atoms with E-state index in [1.54, 1.807) is 0 Å². The number of imide groups is 1.